The standard InChI is InChI=1S/C32H31NO3S/c1-34-28-11-13-30-24(22-28)5-12-29(23-6-14-31-25(21-23)15-20-37-31)32(30)36-27-9-7-26(8-10-27)35-19-18-33-16-3-2-4-17-33/h5-15,20-22H,2-4,16-19H2,1H3. The summed E-state index contributed by atoms with van der Waals surface area (Å²) in [6.45, 7) is 4.07. The summed E-state index contributed by atoms with van der Waals surface area (Å²) in [5.41, 5.74) is 2.20. The van der Waals surface area contributed by atoms with Crippen molar-refractivity contribution in [1.29, 1.82) is 0 Å². The average Bonchev–Trinajstić information content (AvgIpc) is 3.42. The van der Waals surface area contributed by atoms with E-state index in [0.717, 1.165) is 51.4 Å². The highest BCUT2D eigenvalue weighted by Crippen LogP contribution is 2.42. The maximum atomic E-state index is 6.60. The van der Waals surface area contributed by atoms with Gasteiger partial charge in [0.1, 0.15) is 29.6 Å². The van der Waals surface area contributed by atoms with E-state index in [1.165, 1.54) is 42.4 Å². The zero-order valence-electron chi connectivity index (χ0n) is 21.1. The zero-order chi connectivity index (χ0) is 25.0. The monoisotopic (exact) mass is 509 g/mol. The molecule has 1 fully saturated rings. The van der Waals surface area contributed by atoms with Gasteiger partial charge in [-0.3, -0.25) is 4.90 Å². The van der Waals surface area contributed by atoms with Crippen molar-refractivity contribution in [1.82, 2.24) is 4.90 Å². The van der Waals surface area contributed by atoms with Crippen LogP contribution in [0.15, 0.2) is 84.2 Å². The summed E-state index contributed by atoms with van der Waals surface area (Å²) in [6.07, 6.45) is 3.96. The molecule has 188 valence electrons. The van der Waals surface area contributed by atoms with Crippen molar-refractivity contribution in [2.45, 2.75) is 19.3 Å². The summed E-state index contributed by atoms with van der Waals surface area (Å²) >= 11 is 1.76. The molecule has 0 atom stereocenters. The summed E-state index contributed by atoms with van der Waals surface area (Å²) in [5.74, 6) is 3.32. The van der Waals surface area contributed by atoms with E-state index >= 15 is 0 Å². The molecule has 0 N–H and O–H groups in total. The quantitative estimate of drug-likeness (QED) is 0.210. The Balaban J connectivity index is 1.27. The SMILES string of the molecule is COc1ccc2c(Oc3ccc(OCCN4CCCCC4)cc3)c(-c3ccc4sccc4c3)ccc2c1. The molecule has 0 radical (unpaired) electrons. The third kappa shape index (κ3) is 5.29. The highest BCUT2D eigenvalue weighted by molar-refractivity contribution is 7.17. The van der Waals surface area contributed by atoms with Gasteiger partial charge >= 0.3 is 0 Å². The van der Waals surface area contributed by atoms with Crippen LogP contribution in [0.1, 0.15) is 19.3 Å². The lowest BCUT2D eigenvalue weighted by molar-refractivity contribution is 0.183. The summed E-state index contributed by atoms with van der Waals surface area (Å²) in [7, 11) is 1.69. The Bertz CT molecular complexity index is 1500. The number of hydrogen-bond acceptors (Lipinski definition) is 5. The molecule has 4 aromatic carbocycles. The molecule has 1 aliphatic heterocycles. The second-order valence-corrected chi connectivity index (χ2v) is 10.5. The molecule has 0 unspecified atom stereocenters. The fourth-order valence-electron chi connectivity index (χ4n) is 5.08. The van der Waals surface area contributed by atoms with Crippen molar-refractivity contribution in [3.8, 4) is 34.1 Å². The van der Waals surface area contributed by atoms with Crippen LogP contribution in [-0.4, -0.2) is 38.3 Å². The minimum absolute atomic E-state index is 0.709. The highest BCUT2D eigenvalue weighted by atomic mass is 32.1. The Morgan fingerprint density at radius 1 is 0.757 bits per heavy atom. The number of piperidine rings is 1. The van der Waals surface area contributed by atoms with E-state index in [9.17, 15) is 0 Å². The molecule has 37 heavy (non-hydrogen) atoms. The minimum atomic E-state index is 0.709. The van der Waals surface area contributed by atoms with Gasteiger partial charge in [-0.25, -0.2) is 0 Å². The molecular weight excluding hydrogens is 478 g/mol. The van der Waals surface area contributed by atoms with E-state index in [2.05, 4.69) is 52.7 Å². The maximum Gasteiger partial charge on any atom is 0.143 e. The van der Waals surface area contributed by atoms with Crippen molar-refractivity contribution >= 4 is 32.2 Å². The van der Waals surface area contributed by atoms with Crippen molar-refractivity contribution in [3.63, 3.8) is 0 Å². The molecule has 0 aliphatic carbocycles. The van der Waals surface area contributed by atoms with Gasteiger partial charge in [0.2, 0.25) is 0 Å². The van der Waals surface area contributed by atoms with E-state index in [1.807, 2.05) is 36.4 Å². The van der Waals surface area contributed by atoms with E-state index in [4.69, 9.17) is 14.2 Å². The van der Waals surface area contributed by atoms with Gasteiger partial charge in [0.05, 0.1) is 7.11 Å². The average molecular weight is 510 g/mol. The van der Waals surface area contributed by atoms with Gasteiger partial charge in [0.25, 0.3) is 0 Å². The van der Waals surface area contributed by atoms with Crippen molar-refractivity contribution < 1.29 is 14.2 Å². The Hall–Kier alpha value is -3.54. The number of rotatable bonds is 8. The van der Waals surface area contributed by atoms with Crippen LogP contribution in [0.5, 0.6) is 23.0 Å². The largest absolute Gasteiger partial charge is 0.497 e. The predicted octanol–water partition coefficient (Wildman–Crippen LogP) is 8.39. The summed E-state index contributed by atoms with van der Waals surface area (Å²) in [5, 5.41) is 5.50. The van der Waals surface area contributed by atoms with Crippen molar-refractivity contribution in [2.24, 2.45) is 0 Å². The minimum Gasteiger partial charge on any atom is -0.497 e. The van der Waals surface area contributed by atoms with Crippen LogP contribution in [-0.2, 0) is 0 Å². The Morgan fingerprint density at radius 2 is 1.57 bits per heavy atom. The second-order valence-electron chi connectivity index (χ2n) is 9.53. The smallest absolute Gasteiger partial charge is 0.143 e. The van der Waals surface area contributed by atoms with Crippen LogP contribution in [0.2, 0.25) is 0 Å². The first-order chi connectivity index (χ1) is 18.3. The van der Waals surface area contributed by atoms with Crippen molar-refractivity contribution in [3.05, 3.63) is 84.2 Å². The number of thiophene rings is 1. The number of nitrogens with zero attached hydrogens (tertiary/aromatic N) is 1. The molecule has 0 amide bonds. The highest BCUT2D eigenvalue weighted by Gasteiger charge is 2.14. The molecule has 1 aliphatic rings. The van der Waals surface area contributed by atoms with Gasteiger partial charge in [-0.15, -0.1) is 11.3 Å². The number of likely N-dealkylation sites (tertiary alicyclic amines) is 1. The first kappa shape index (κ1) is 23.8. The lowest BCUT2D eigenvalue weighted by Gasteiger charge is -2.26. The van der Waals surface area contributed by atoms with Gasteiger partial charge < -0.3 is 14.2 Å². The van der Waals surface area contributed by atoms with Crippen LogP contribution in [0.3, 0.4) is 0 Å². The number of benzene rings is 4. The van der Waals surface area contributed by atoms with Gasteiger partial charge in [0.15, 0.2) is 0 Å². The first-order valence-electron chi connectivity index (χ1n) is 13.0. The molecule has 5 heteroatoms. The first-order valence-corrected chi connectivity index (χ1v) is 13.9. The Labute approximate surface area is 222 Å². The van der Waals surface area contributed by atoms with Gasteiger partial charge in [0, 0.05) is 22.2 Å². The molecule has 0 bridgehead atoms. The third-order valence-electron chi connectivity index (χ3n) is 7.11. The van der Waals surface area contributed by atoms with Crippen molar-refractivity contribution in [2.75, 3.05) is 33.4 Å². The van der Waals surface area contributed by atoms with E-state index in [1.54, 1.807) is 18.4 Å². The summed E-state index contributed by atoms with van der Waals surface area (Å²) < 4.78 is 19.4. The van der Waals surface area contributed by atoms with Crippen LogP contribution in [0.4, 0.5) is 0 Å². The van der Waals surface area contributed by atoms with E-state index in [0.29, 0.717) is 6.61 Å². The molecule has 1 saturated heterocycles. The van der Waals surface area contributed by atoms with Crippen LogP contribution < -0.4 is 14.2 Å². The van der Waals surface area contributed by atoms with Gasteiger partial charge in [-0.1, -0.05) is 18.6 Å². The fourth-order valence-corrected chi connectivity index (χ4v) is 5.85. The zero-order valence-corrected chi connectivity index (χ0v) is 21.9. The summed E-state index contributed by atoms with van der Waals surface area (Å²) in [6, 6.07) is 27.1. The molecule has 6 rings (SSSR count). The topological polar surface area (TPSA) is 30.9 Å². The number of methoxy groups -OCH3 is 1. The Morgan fingerprint density at radius 3 is 2.41 bits per heavy atom. The van der Waals surface area contributed by atoms with E-state index < -0.39 is 0 Å². The molecule has 1 aromatic heterocycles. The second kappa shape index (κ2) is 10.8. The molecule has 0 saturated carbocycles. The molecule has 2 heterocycles. The van der Waals surface area contributed by atoms with Gasteiger partial charge in [-0.2, -0.15) is 0 Å². The lowest BCUT2D eigenvalue weighted by Crippen LogP contribution is -2.33. The van der Waals surface area contributed by atoms with Crippen LogP contribution >= 0.6 is 11.3 Å². The number of ether oxygens (including phenoxy) is 3. The molecule has 0 spiro atoms. The van der Waals surface area contributed by atoms with Crippen LogP contribution in [0, 0.1) is 0 Å². The molecular formula is C32H31NO3S. The van der Waals surface area contributed by atoms with E-state index in [-0.39, 0.29) is 0 Å². The lowest BCUT2D eigenvalue weighted by atomic mass is 9.98. The summed E-state index contributed by atoms with van der Waals surface area (Å²) in [4.78, 5) is 2.49. The molecule has 5 aromatic rings. The fraction of sp³-hybridized carbons (Fsp3) is 0.250. The number of fused-ring (bicyclic) bond motifs is 2. The predicted molar refractivity (Wildman–Crippen MR) is 154 cm³/mol. The third-order valence-corrected chi connectivity index (χ3v) is 8.01. The maximum absolute atomic E-state index is 6.60. The Kier molecular flexibility index (Phi) is 6.98. The number of hydrogen-bond donors (Lipinski definition) is 0. The van der Waals surface area contributed by atoms with Crippen LogP contribution in [0.25, 0.3) is 32.0 Å². The normalized spacial score (nSPS) is 14.2. The molecule has 4 nitrogen and oxygen atoms in total. The van der Waals surface area contributed by atoms with Gasteiger partial charge in [-0.05, 0) is 114 Å².